The first-order chi connectivity index (χ1) is 12.5. The molecule has 0 aliphatic carbocycles. The summed E-state index contributed by atoms with van der Waals surface area (Å²) in [4.78, 5) is 12.4. The Balaban J connectivity index is 1.94. The highest BCUT2D eigenvalue weighted by atomic mass is 28.4. The van der Waals surface area contributed by atoms with Gasteiger partial charge in [-0.3, -0.25) is 4.79 Å². The zero-order valence-corrected chi connectivity index (χ0v) is 16.2. The van der Waals surface area contributed by atoms with Gasteiger partial charge in [-0.15, -0.1) is 0 Å². The van der Waals surface area contributed by atoms with Crippen LogP contribution in [0, 0.1) is 0 Å². The van der Waals surface area contributed by atoms with Gasteiger partial charge in [0.1, 0.15) is 11.5 Å². The van der Waals surface area contributed by atoms with Gasteiger partial charge in [-0.1, -0.05) is 30.3 Å². The van der Waals surface area contributed by atoms with E-state index in [0.29, 0.717) is 30.4 Å². The van der Waals surface area contributed by atoms with Crippen molar-refractivity contribution in [2.75, 3.05) is 27.9 Å². The number of phenolic OH excluding ortho intramolecular Hbond substituents is 1. The van der Waals surface area contributed by atoms with E-state index in [1.165, 1.54) is 6.07 Å². The molecule has 0 saturated carbocycles. The average Bonchev–Trinajstić information content (AvgIpc) is 2.69. The first-order valence-electron chi connectivity index (χ1n) is 8.26. The van der Waals surface area contributed by atoms with Crippen LogP contribution in [-0.4, -0.2) is 47.6 Å². The Bertz CT molecular complexity index is 707. The van der Waals surface area contributed by atoms with Gasteiger partial charge in [0, 0.05) is 39.0 Å². The highest BCUT2D eigenvalue weighted by Crippen LogP contribution is 2.26. The third-order valence-corrected chi connectivity index (χ3v) is 6.91. The maximum atomic E-state index is 12.4. The molecule has 0 fully saturated rings. The summed E-state index contributed by atoms with van der Waals surface area (Å²) in [6.07, 6.45) is 0.674. The monoisotopic (exact) mass is 376 g/mol. The summed E-state index contributed by atoms with van der Waals surface area (Å²) in [5.41, 5.74) is 0.768. The molecular weight excluding hydrogens is 352 g/mol. The Morgan fingerprint density at radius 3 is 2.23 bits per heavy atom. The SMILES string of the molecule is CO[Si](CCCOc1ccc(C(=O)c2ccccc2)c(O)c1)(OC)OC. The number of carbonyl (C=O) groups is 1. The molecule has 0 radical (unpaired) electrons. The first-order valence-corrected chi connectivity index (χ1v) is 10.2. The van der Waals surface area contributed by atoms with E-state index < -0.39 is 8.80 Å². The summed E-state index contributed by atoms with van der Waals surface area (Å²) in [6, 6.07) is 14.1. The normalized spacial score (nSPS) is 11.3. The van der Waals surface area contributed by atoms with Crippen molar-refractivity contribution < 1.29 is 27.9 Å². The number of ketones is 1. The highest BCUT2D eigenvalue weighted by molar-refractivity contribution is 6.60. The van der Waals surface area contributed by atoms with Gasteiger partial charge >= 0.3 is 8.80 Å². The van der Waals surface area contributed by atoms with Crippen LogP contribution in [-0.2, 0) is 13.3 Å². The second kappa shape index (κ2) is 9.49. The molecule has 0 atom stereocenters. The lowest BCUT2D eigenvalue weighted by molar-refractivity contribution is 0.103. The molecule has 0 bridgehead atoms. The van der Waals surface area contributed by atoms with Crippen LogP contribution in [0.3, 0.4) is 0 Å². The van der Waals surface area contributed by atoms with Crippen molar-refractivity contribution in [1.29, 1.82) is 0 Å². The Morgan fingerprint density at radius 1 is 1.00 bits per heavy atom. The van der Waals surface area contributed by atoms with Gasteiger partial charge in [0.15, 0.2) is 5.78 Å². The third kappa shape index (κ3) is 4.92. The topological polar surface area (TPSA) is 74.2 Å². The van der Waals surface area contributed by atoms with Gasteiger partial charge in [0.2, 0.25) is 0 Å². The molecule has 7 heteroatoms. The minimum Gasteiger partial charge on any atom is -0.507 e. The number of phenols is 1. The Kier molecular flexibility index (Phi) is 7.34. The molecule has 2 aromatic rings. The summed E-state index contributed by atoms with van der Waals surface area (Å²) < 4.78 is 21.7. The number of aromatic hydroxyl groups is 1. The molecule has 2 rings (SSSR count). The largest absolute Gasteiger partial charge is 0.507 e. The molecule has 6 nitrogen and oxygen atoms in total. The van der Waals surface area contributed by atoms with Crippen LogP contribution in [0.1, 0.15) is 22.3 Å². The predicted octanol–water partition coefficient (Wildman–Crippen LogP) is 3.27. The van der Waals surface area contributed by atoms with Crippen molar-refractivity contribution in [3.05, 3.63) is 59.7 Å². The predicted molar refractivity (Wildman–Crippen MR) is 99.7 cm³/mol. The fourth-order valence-corrected chi connectivity index (χ4v) is 4.26. The second-order valence-electron chi connectivity index (χ2n) is 5.62. The van der Waals surface area contributed by atoms with E-state index >= 15 is 0 Å². The number of hydrogen-bond donors (Lipinski definition) is 1. The molecule has 140 valence electrons. The van der Waals surface area contributed by atoms with Crippen LogP contribution in [0.2, 0.25) is 6.04 Å². The molecular formula is C19H24O6Si. The molecule has 0 aliphatic rings. The van der Waals surface area contributed by atoms with Crippen molar-refractivity contribution in [2.45, 2.75) is 12.5 Å². The molecule has 0 aromatic heterocycles. The van der Waals surface area contributed by atoms with E-state index in [1.807, 2.05) is 6.07 Å². The zero-order valence-electron chi connectivity index (χ0n) is 15.2. The highest BCUT2D eigenvalue weighted by Gasteiger charge is 2.36. The number of benzene rings is 2. The van der Waals surface area contributed by atoms with Crippen LogP contribution in [0.25, 0.3) is 0 Å². The number of ether oxygens (including phenoxy) is 1. The van der Waals surface area contributed by atoms with E-state index in [4.69, 9.17) is 18.0 Å². The van der Waals surface area contributed by atoms with Crippen LogP contribution in [0.5, 0.6) is 11.5 Å². The summed E-state index contributed by atoms with van der Waals surface area (Å²) in [6.45, 7) is 0.413. The van der Waals surface area contributed by atoms with E-state index in [0.717, 1.165) is 0 Å². The molecule has 0 saturated heterocycles. The average molecular weight is 376 g/mol. The fraction of sp³-hybridized carbons (Fsp3) is 0.316. The van der Waals surface area contributed by atoms with E-state index in [9.17, 15) is 9.90 Å². The lowest BCUT2D eigenvalue weighted by atomic mass is 10.0. The molecule has 2 aromatic carbocycles. The van der Waals surface area contributed by atoms with Crippen molar-refractivity contribution in [1.82, 2.24) is 0 Å². The van der Waals surface area contributed by atoms with Crippen LogP contribution in [0.4, 0.5) is 0 Å². The van der Waals surface area contributed by atoms with E-state index in [2.05, 4.69) is 0 Å². The zero-order chi connectivity index (χ0) is 19.0. The first kappa shape index (κ1) is 20.1. The van der Waals surface area contributed by atoms with Gasteiger partial charge in [0.05, 0.1) is 12.2 Å². The summed E-state index contributed by atoms with van der Waals surface area (Å²) in [7, 11) is 2.11. The van der Waals surface area contributed by atoms with Gasteiger partial charge in [-0.05, 0) is 18.6 Å². The Labute approximate surface area is 154 Å². The Morgan fingerprint density at radius 2 is 1.65 bits per heavy atom. The smallest absolute Gasteiger partial charge is 0.500 e. The maximum Gasteiger partial charge on any atom is 0.500 e. The Hall–Kier alpha value is -2.19. The number of hydrogen-bond acceptors (Lipinski definition) is 6. The number of rotatable bonds is 10. The summed E-state index contributed by atoms with van der Waals surface area (Å²) in [5.74, 6) is 0.156. The summed E-state index contributed by atoms with van der Waals surface area (Å²) >= 11 is 0. The van der Waals surface area contributed by atoms with E-state index in [1.54, 1.807) is 57.7 Å². The number of carbonyl (C=O) groups excluding carboxylic acids is 1. The van der Waals surface area contributed by atoms with Gasteiger partial charge < -0.3 is 23.1 Å². The minimum atomic E-state index is -2.60. The van der Waals surface area contributed by atoms with Crippen LogP contribution < -0.4 is 4.74 Å². The quantitative estimate of drug-likeness (QED) is 0.390. The van der Waals surface area contributed by atoms with Crippen molar-refractivity contribution in [3.63, 3.8) is 0 Å². The molecule has 1 N–H and O–H groups in total. The molecule has 26 heavy (non-hydrogen) atoms. The van der Waals surface area contributed by atoms with Gasteiger partial charge in [-0.25, -0.2) is 0 Å². The van der Waals surface area contributed by atoms with Crippen molar-refractivity contribution >= 4 is 14.6 Å². The van der Waals surface area contributed by atoms with Crippen molar-refractivity contribution in [3.8, 4) is 11.5 Å². The minimum absolute atomic E-state index is 0.106. The third-order valence-electron chi connectivity index (χ3n) is 4.08. The van der Waals surface area contributed by atoms with Crippen molar-refractivity contribution in [2.24, 2.45) is 0 Å². The molecule has 0 heterocycles. The van der Waals surface area contributed by atoms with Gasteiger partial charge in [0.25, 0.3) is 0 Å². The fourth-order valence-electron chi connectivity index (χ4n) is 2.57. The summed E-state index contributed by atoms with van der Waals surface area (Å²) in [5, 5.41) is 10.2. The molecule has 0 amide bonds. The molecule has 0 unspecified atom stereocenters. The molecule has 0 spiro atoms. The molecule has 0 aliphatic heterocycles. The van der Waals surface area contributed by atoms with Crippen LogP contribution in [0.15, 0.2) is 48.5 Å². The van der Waals surface area contributed by atoms with E-state index in [-0.39, 0.29) is 17.1 Å². The lowest BCUT2D eigenvalue weighted by Gasteiger charge is -2.24. The maximum absolute atomic E-state index is 12.4. The second-order valence-corrected chi connectivity index (χ2v) is 8.71. The lowest BCUT2D eigenvalue weighted by Crippen LogP contribution is -2.42. The van der Waals surface area contributed by atoms with Gasteiger partial charge in [-0.2, -0.15) is 0 Å². The standard InChI is InChI=1S/C19H24O6Si/c1-22-26(23-2,24-3)13-7-12-25-16-10-11-17(18(20)14-16)19(21)15-8-5-4-6-9-15/h4-6,8-11,14,20H,7,12-13H2,1-3H3. The van der Waals surface area contributed by atoms with Crippen LogP contribution >= 0.6 is 0 Å².